The van der Waals surface area contributed by atoms with E-state index in [1.807, 2.05) is 0 Å². The van der Waals surface area contributed by atoms with Gasteiger partial charge in [0.15, 0.2) is 0 Å². The van der Waals surface area contributed by atoms with Gasteiger partial charge in [0, 0.05) is 10.7 Å². The van der Waals surface area contributed by atoms with E-state index in [4.69, 9.17) is 15.4 Å². The van der Waals surface area contributed by atoms with Crippen molar-refractivity contribution < 1.29 is 17.9 Å². The maximum atomic E-state index is 11.9. The van der Waals surface area contributed by atoms with Crippen molar-refractivity contribution in [2.75, 3.05) is 6.61 Å². The molecule has 0 aliphatic heterocycles. The zero-order chi connectivity index (χ0) is 14.9. The number of esters is 1. The fourth-order valence-electron chi connectivity index (χ4n) is 2.01. The second kappa shape index (κ2) is 5.74. The molecule has 1 aromatic carbocycles. The second-order valence-electron chi connectivity index (χ2n) is 5.22. The third kappa shape index (κ3) is 3.73. The Balaban J connectivity index is 2.18. The second-order valence-corrected chi connectivity index (χ2v) is 7.76. The van der Waals surface area contributed by atoms with Crippen molar-refractivity contribution in [1.29, 1.82) is 0 Å². The first kappa shape index (κ1) is 15.3. The summed E-state index contributed by atoms with van der Waals surface area (Å²) >= 11 is 0. The summed E-state index contributed by atoms with van der Waals surface area (Å²) < 4.78 is 28.2. The fraction of sp³-hybridized carbons (Fsp3) is 0.500. The van der Waals surface area contributed by atoms with E-state index in [0.29, 0.717) is 23.7 Å². The van der Waals surface area contributed by atoms with Crippen molar-refractivity contribution in [2.24, 2.45) is 5.92 Å². The molecule has 0 atom stereocenters. The highest BCUT2D eigenvalue weighted by atomic mass is 35.7. The van der Waals surface area contributed by atoms with E-state index in [1.54, 1.807) is 19.9 Å². The van der Waals surface area contributed by atoms with Crippen molar-refractivity contribution in [3.05, 3.63) is 28.8 Å². The summed E-state index contributed by atoms with van der Waals surface area (Å²) in [5.74, 6) is 0.177. The smallest absolute Gasteiger partial charge is 0.338 e. The molecular weight excluding hydrogens is 300 g/mol. The Morgan fingerprint density at radius 1 is 1.35 bits per heavy atom. The van der Waals surface area contributed by atoms with Gasteiger partial charge in [-0.05, 0) is 49.4 Å². The topological polar surface area (TPSA) is 60.4 Å². The Labute approximate surface area is 123 Å². The minimum atomic E-state index is -3.87. The molecule has 0 unspecified atom stereocenters. The number of hydrogen-bond acceptors (Lipinski definition) is 4. The highest BCUT2D eigenvalue weighted by molar-refractivity contribution is 8.13. The van der Waals surface area contributed by atoms with E-state index in [1.165, 1.54) is 18.9 Å². The highest BCUT2D eigenvalue weighted by Gasteiger charge is 2.22. The molecule has 4 nitrogen and oxygen atoms in total. The van der Waals surface area contributed by atoms with Crippen molar-refractivity contribution >= 4 is 25.7 Å². The normalized spacial score (nSPS) is 15.2. The first-order valence-electron chi connectivity index (χ1n) is 6.52. The first-order valence-corrected chi connectivity index (χ1v) is 8.83. The van der Waals surface area contributed by atoms with Crippen molar-refractivity contribution in [1.82, 2.24) is 0 Å². The molecule has 1 aromatic rings. The first-order chi connectivity index (χ1) is 9.29. The molecule has 0 N–H and O–H groups in total. The molecule has 0 bridgehead atoms. The number of ether oxygens (including phenoxy) is 1. The molecule has 110 valence electrons. The van der Waals surface area contributed by atoms with Gasteiger partial charge in [-0.25, -0.2) is 13.2 Å². The number of rotatable bonds is 5. The van der Waals surface area contributed by atoms with Gasteiger partial charge in [-0.3, -0.25) is 0 Å². The summed E-state index contributed by atoms with van der Waals surface area (Å²) in [5.41, 5.74) is 1.47. The predicted molar refractivity (Wildman–Crippen MR) is 76.6 cm³/mol. The summed E-state index contributed by atoms with van der Waals surface area (Å²) in [6.45, 7) is 3.77. The molecule has 2 rings (SSSR count). The Morgan fingerprint density at radius 3 is 2.55 bits per heavy atom. The van der Waals surface area contributed by atoms with Crippen LogP contribution in [0, 0.1) is 19.8 Å². The van der Waals surface area contributed by atoms with Crippen LogP contribution in [0.15, 0.2) is 17.0 Å². The molecule has 20 heavy (non-hydrogen) atoms. The van der Waals surface area contributed by atoms with Crippen LogP contribution in [0.25, 0.3) is 0 Å². The Hall–Kier alpha value is -1.07. The molecule has 1 aliphatic carbocycles. The Morgan fingerprint density at radius 2 is 2.00 bits per heavy atom. The molecule has 1 fully saturated rings. The van der Waals surface area contributed by atoms with Gasteiger partial charge in [-0.15, -0.1) is 0 Å². The van der Waals surface area contributed by atoms with E-state index in [0.717, 1.165) is 6.42 Å². The quantitative estimate of drug-likeness (QED) is 0.618. The van der Waals surface area contributed by atoms with E-state index in [-0.39, 0.29) is 10.5 Å². The standard InChI is InChI=1S/C14H17ClO4S/c1-9-7-12(8-13(10(9)2)20(15,17)18)14(16)19-6-5-11-3-4-11/h7-8,11H,3-6H2,1-2H3. The van der Waals surface area contributed by atoms with Crippen LogP contribution in [-0.2, 0) is 13.8 Å². The lowest BCUT2D eigenvalue weighted by Crippen LogP contribution is -2.09. The molecule has 0 amide bonds. The molecule has 1 saturated carbocycles. The number of aryl methyl sites for hydroxylation is 1. The lowest BCUT2D eigenvalue weighted by atomic mass is 10.1. The summed E-state index contributed by atoms with van der Waals surface area (Å²) in [5, 5.41) is 0. The highest BCUT2D eigenvalue weighted by Crippen LogP contribution is 2.32. The number of benzene rings is 1. The molecule has 0 aromatic heterocycles. The minimum Gasteiger partial charge on any atom is -0.462 e. The number of carbonyl (C=O) groups is 1. The molecule has 0 saturated heterocycles. The Kier molecular flexibility index (Phi) is 4.39. The number of carbonyl (C=O) groups excluding carboxylic acids is 1. The van der Waals surface area contributed by atoms with Gasteiger partial charge >= 0.3 is 5.97 Å². The van der Waals surface area contributed by atoms with Crippen LogP contribution >= 0.6 is 10.7 Å². The van der Waals surface area contributed by atoms with Crippen molar-refractivity contribution in [3.8, 4) is 0 Å². The van der Waals surface area contributed by atoms with Crippen LogP contribution in [0.5, 0.6) is 0 Å². The third-order valence-electron chi connectivity index (χ3n) is 3.57. The van der Waals surface area contributed by atoms with Gasteiger partial charge in [-0.2, -0.15) is 0 Å². The van der Waals surface area contributed by atoms with Crippen molar-refractivity contribution in [3.63, 3.8) is 0 Å². The van der Waals surface area contributed by atoms with E-state index < -0.39 is 15.0 Å². The average molecular weight is 317 g/mol. The SMILES string of the molecule is Cc1cc(C(=O)OCCC2CC2)cc(S(=O)(=O)Cl)c1C. The maximum Gasteiger partial charge on any atom is 0.338 e. The molecular formula is C14H17ClO4S. The van der Waals surface area contributed by atoms with Crippen molar-refractivity contribution in [2.45, 2.75) is 38.0 Å². The summed E-state index contributed by atoms with van der Waals surface area (Å²) in [7, 11) is 1.52. The minimum absolute atomic E-state index is 0.0340. The Bertz CT molecular complexity index is 633. The third-order valence-corrected chi connectivity index (χ3v) is 5.02. The lowest BCUT2D eigenvalue weighted by molar-refractivity contribution is 0.0494. The van der Waals surface area contributed by atoms with Crippen LogP contribution in [0.2, 0.25) is 0 Å². The lowest BCUT2D eigenvalue weighted by Gasteiger charge is -2.10. The van der Waals surface area contributed by atoms with Gasteiger partial charge in [-0.1, -0.05) is 12.8 Å². The van der Waals surface area contributed by atoms with Crippen LogP contribution in [0.4, 0.5) is 0 Å². The zero-order valence-electron chi connectivity index (χ0n) is 11.5. The van der Waals surface area contributed by atoms with Gasteiger partial charge in [0.05, 0.1) is 17.1 Å². The van der Waals surface area contributed by atoms with E-state index in [9.17, 15) is 13.2 Å². The molecule has 0 spiro atoms. The van der Waals surface area contributed by atoms with Gasteiger partial charge in [0.2, 0.25) is 0 Å². The summed E-state index contributed by atoms with van der Waals surface area (Å²) in [6, 6.07) is 2.91. The number of hydrogen-bond donors (Lipinski definition) is 0. The zero-order valence-corrected chi connectivity index (χ0v) is 13.1. The summed E-state index contributed by atoms with van der Waals surface area (Å²) in [6.07, 6.45) is 3.28. The van der Waals surface area contributed by atoms with Gasteiger partial charge < -0.3 is 4.74 Å². The van der Waals surface area contributed by atoms with E-state index in [2.05, 4.69) is 0 Å². The fourth-order valence-corrected chi connectivity index (χ4v) is 3.28. The predicted octanol–water partition coefficient (Wildman–Crippen LogP) is 3.19. The maximum absolute atomic E-state index is 11.9. The molecule has 0 heterocycles. The molecule has 6 heteroatoms. The number of halogens is 1. The largest absolute Gasteiger partial charge is 0.462 e. The van der Waals surface area contributed by atoms with Crippen LogP contribution in [-0.4, -0.2) is 21.0 Å². The van der Waals surface area contributed by atoms with Crippen LogP contribution in [0.1, 0.15) is 40.7 Å². The van der Waals surface area contributed by atoms with Gasteiger partial charge in [0.25, 0.3) is 9.05 Å². The molecule has 0 radical (unpaired) electrons. The summed E-state index contributed by atoms with van der Waals surface area (Å²) in [4.78, 5) is 11.9. The molecule has 1 aliphatic rings. The monoisotopic (exact) mass is 316 g/mol. The average Bonchev–Trinajstić information content (AvgIpc) is 3.14. The van der Waals surface area contributed by atoms with E-state index >= 15 is 0 Å². The van der Waals surface area contributed by atoms with Crippen LogP contribution < -0.4 is 0 Å². The van der Waals surface area contributed by atoms with Gasteiger partial charge in [0.1, 0.15) is 0 Å². The van der Waals surface area contributed by atoms with Crippen LogP contribution in [0.3, 0.4) is 0 Å².